The molecule has 11 heteroatoms. The zero-order valence-corrected chi connectivity index (χ0v) is 20.8. The van der Waals surface area contributed by atoms with E-state index in [1.54, 1.807) is 19.3 Å². The summed E-state index contributed by atoms with van der Waals surface area (Å²) < 4.78 is 14.2. The van der Waals surface area contributed by atoms with Crippen LogP contribution in [0.5, 0.6) is 5.75 Å². The van der Waals surface area contributed by atoms with Gasteiger partial charge >= 0.3 is 6.10 Å². The summed E-state index contributed by atoms with van der Waals surface area (Å²) in [7, 11) is 0. The summed E-state index contributed by atoms with van der Waals surface area (Å²) >= 11 is 12.0. The second-order valence-electron chi connectivity index (χ2n) is 8.95. The zero-order chi connectivity index (χ0) is 26.9. The number of fused-ring (bicyclic) bond motifs is 1. The molecular weight excluding hydrogens is 526 g/mol. The van der Waals surface area contributed by atoms with Crippen molar-refractivity contribution in [3.63, 3.8) is 0 Å². The van der Waals surface area contributed by atoms with Gasteiger partial charge in [0.25, 0.3) is 5.91 Å². The molecule has 8 nitrogen and oxygen atoms in total. The highest BCUT2D eigenvalue weighted by Crippen LogP contribution is 2.51. The van der Waals surface area contributed by atoms with Gasteiger partial charge in [0.15, 0.2) is 11.6 Å². The van der Waals surface area contributed by atoms with Crippen LogP contribution in [0.1, 0.15) is 46.4 Å². The van der Waals surface area contributed by atoms with Gasteiger partial charge in [0.1, 0.15) is 12.1 Å². The predicted molar refractivity (Wildman–Crippen MR) is 135 cm³/mol. The van der Waals surface area contributed by atoms with E-state index in [0.717, 1.165) is 18.3 Å². The first-order chi connectivity index (χ1) is 17.5. The summed E-state index contributed by atoms with van der Waals surface area (Å²) in [6.07, 6.45) is 4.03. The number of benzene rings is 2. The Morgan fingerprint density at radius 3 is 2.30 bits per heavy atom. The molecule has 194 valence electrons. The van der Waals surface area contributed by atoms with Crippen LogP contribution in [-0.2, 0) is 0 Å². The molecule has 1 aromatic heterocycles. The number of aromatic hydroxyl groups is 1. The van der Waals surface area contributed by atoms with Crippen LogP contribution in [0.15, 0.2) is 48.7 Å². The summed E-state index contributed by atoms with van der Waals surface area (Å²) in [6, 6.07) is 8.66. The topological polar surface area (TPSA) is 131 Å². The molecule has 5 rings (SSSR count). The fraction of sp³-hybridized carbons (Fsp3) is 0.269. The van der Waals surface area contributed by atoms with E-state index in [1.165, 1.54) is 48.6 Å². The first-order valence-electron chi connectivity index (χ1n) is 11.4. The van der Waals surface area contributed by atoms with Crippen molar-refractivity contribution in [2.45, 2.75) is 31.8 Å². The van der Waals surface area contributed by atoms with Gasteiger partial charge in [-0.3, -0.25) is 9.59 Å². The average molecular weight is 549 g/mol. The SMILES string of the molecule is C1C[C@@H]2C[C@@H]2C1.O=Cc1ccc(Cl)c(-c2cnc(N(C(=O)c3c(F)cccc3Cl)C(O)(O)O)c(O)c2)c1. The Morgan fingerprint density at radius 2 is 1.78 bits per heavy atom. The van der Waals surface area contributed by atoms with Crippen molar-refractivity contribution in [2.24, 2.45) is 11.8 Å². The van der Waals surface area contributed by atoms with E-state index in [1.807, 2.05) is 0 Å². The Balaban J connectivity index is 0.000000458. The lowest BCUT2D eigenvalue weighted by Crippen LogP contribution is -2.53. The minimum Gasteiger partial charge on any atom is -0.504 e. The summed E-state index contributed by atoms with van der Waals surface area (Å²) in [5, 5.41) is 39.4. The second kappa shape index (κ2) is 10.7. The van der Waals surface area contributed by atoms with Gasteiger partial charge in [0.05, 0.1) is 10.6 Å². The van der Waals surface area contributed by atoms with Gasteiger partial charge < -0.3 is 20.4 Å². The zero-order valence-electron chi connectivity index (χ0n) is 19.3. The molecule has 2 aliphatic carbocycles. The lowest BCUT2D eigenvalue weighted by molar-refractivity contribution is -0.304. The highest BCUT2D eigenvalue weighted by atomic mass is 35.5. The highest BCUT2D eigenvalue weighted by molar-refractivity contribution is 6.34. The molecule has 1 amide bonds. The van der Waals surface area contributed by atoms with Crippen LogP contribution in [0.4, 0.5) is 10.2 Å². The van der Waals surface area contributed by atoms with Crippen molar-refractivity contribution < 1.29 is 34.4 Å². The highest BCUT2D eigenvalue weighted by Gasteiger charge is 2.41. The van der Waals surface area contributed by atoms with E-state index >= 15 is 0 Å². The van der Waals surface area contributed by atoms with Crippen molar-refractivity contribution in [3.8, 4) is 16.9 Å². The Morgan fingerprint density at radius 1 is 1.08 bits per heavy atom. The molecule has 2 atom stereocenters. The maximum absolute atomic E-state index is 14.2. The molecule has 0 spiro atoms. The molecule has 1 heterocycles. The fourth-order valence-electron chi connectivity index (χ4n) is 4.45. The summed E-state index contributed by atoms with van der Waals surface area (Å²) in [5.41, 5.74) is -0.00338. The van der Waals surface area contributed by atoms with Gasteiger partial charge in [0.2, 0.25) is 0 Å². The summed E-state index contributed by atoms with van der Waals surface area (Å²) in [4.78, 5) is 27.4. The molecule has 0 unspecified atom stereocenters. The van der Waals surface area contributed by atoms with E-state index in [2.05, 4.69) is 4.98 Å². The maximum atomic E-state index is 14.2. The number of amides is 1. The van der Waals surface area contributed by atoms with Gasteiger partial charge in [-0.25, -0.2) is 14.3 Å². The Bertz CT molecular complexity index is 1320. The van der Waals surface area contributed by atoms with E-state index in [4.69, 9.17) is 23.2 Å². The average Bonchev–Trinajstić information content (AvgIpc) is 3.44. The Hall–Kier alpha value is -3.08. The van der Waals surface area contributed by atoms with Crippen molar-refractivity contribution in [3.05, 3.63) is 75.7 Å². The monoisotopic (exact) mass is 548 g/mol. The number of aromatic nitrogens is 1. The molecule has 3 aromatic rings. The molecule has 4 N–H and O–H groups in total. The number of aliphatic hydroxyl groups is 3. The van der Waals surface area contributed by atoms with Crippen molar-refractivity contribution in [2.75, 3.05) is 4.90 Å². The van der Waals surface area contributed by atoms with E-state index < -0.39 is 35.0 Å². The summed E-state index contributed by atoms with van der Waals surface area (Å²) in [5.74, 6) is -1.79. The van der Waals surface area contributed by atoms with Crippen LogP contribution in [0.25, 0.3) is 11.1 Å². The summed E-state index contributed by atoms with van der Waals surface area (Å²) in [6.45, 7) is 0. The first-order valence-corrected chi connectivity index (χ1v) is 12.2. The molecule has 0 saturated heterocycles. The smallest absolute Gasteiger partial charge is 0.377 e. The standard InChI is InChI=1S/C20H13Cl2FN2O6.C6H10/c21-13-5-4-10(9-26)6-12(13)11-7-16(27)18(24-8-11)25(20(29,30)31)19(28)17-14(22)2-1-3-15(17)23;1-2-5-4-6(5)3-1/h1-9,27,29-31H;5-6H,1-4H2/t;5-,6+. The second-order valence-corrected chi connectivity index (χ2v) is 9.76. The van der Waals surface area contributed by atoms with Gasteiger partial charge in [-0.05, 0) is 48.6 Å². The number of aldehydes is 1. The van der Waals surface area contributed by atoms with Gasteiger partial charge in [-0.15, -0.1) is 0 Å². The molecule has 2 aliphatic rings. The van der Waals surface area contributed by atoms with Crippen molar-refractivity contribution in [1.29, 1.82) is 0 Å². The molecule has 0 bridgehead atoms. The van der Waals surface area contributed by atoms with Gasteiger partial charge in [-0.1, -0.05) is 54.6 Å². The van der Waals surface area contributed by atoms with Crippen LogP contribution in [0.3, 0.4) is 0 Å². The number of hydrogen-bond acceptors (Lipinski definition) is 7. The number of halogens is 3. The Labute approximate surface area is 221 Å². The number of anilines is 1. The van der Waals surface area contributed by atoms with Gasteiger partial charge in [0, 0.05) is 27.9 Å². The molecular formula is C26H23Cl2FN2O6. The molecule has 2 aromatic carbocycles. The molecule has 2 saturated carbocycles. The van der Waals surface area contributed by atoms with Crippen molar-refractivity contribution >= 4 is 41.2 Å². The van der Waals surface area contributed by atoms with Crippen LogP contribution >= 0.6 is 23.2 Å². The number of rotatable bonds is 5. The lowest BCUT2D eigenvalue weighted by Gasteiger charge is -2.30. The normalized spacial score (nSPS) is 17.9. The Kier molecular flexibility index (Phi) is 7.82. The minimum atomic E-state index is -3.87. The van der Waals surface area contributed by atoms with Crippen LogP contribution < -0.4 is 4.90 Å². The molecule has 37 heavy (non-hydrogen) atoms. The number of carbonyl (C=O) groups excluding carboxylic acids is 2. The maximum Gasteiger partial charge on any atom is 0.377 e. The lowest BCUT2D eigenvalue weighted by atomic mass is 10.0. The van der Waals surface area contributed by atoms with Crippen LogP contribution in [0.2, 0.25) is 10.0 Å². The van der Waals surface area contributed by atoms with E-state index in [0.29, 0.717) is 11.8 Å². The quantitative estimate of drug-likeness (QED) is 0.267. The minimum absolute atomic E-state index is 0.153. The molecule has 0 aliphatic heterocycles. The number of hydrogen-bond donors (Lipinski definition) is 4. The van der Waals surface area contributed by atoms with Crippen molar-refractivity contribution in [1.82, 2.24) is 4.98 Å². The third kappa shape index (κ3) is 5.92. The number of pyridine rings is 1. The van der Waals surface area contributed by atoms with Crippen LogP contribution in [0, 0.1) is 17.7 Å². The molecule has 2 fully saturated rings. The largest absolute Gasteiger partial charge is 0.504 e. The van der Waals surface area contributed by atoms with Gasteiger partial charge in [-0.2, -0.15) is 0 Å². The third-order valence-corrected chi connectivity index (χ3v) is 7.04. The number of nitrogens with zero attached hydrogens (tertiary/aromatic N) is 2. The third-order valence-electron chi connectivity index (χ3n) is 6.40. The number of carbonyl (C=O) groups is 2. The van der Waals surface area contributed by atoms with E-state index in [9.17, 15) is 34.4 Å². The fourth-order valence-corrected chi connectivity index (χ4v) is 4.92. The van der Waals surface area contributed by atoms with Crippen LogP contribution in [-0.4, -0.2) is 43.7 Å². The van der Waals surface area contributed by atoms with E-state index in [-0.39, 0.29) is 26.1 Å². The molecule has 0 radical (unpaired) electrons. The predicted octanol–water partition coefficient (Wildman–Crippen LogP) is 4.75. The first kappa shape index (κ1) is 27.0.